The van der Waals surface area contributed by atoms with Gasteiger partial charge in [-0.05, 0) is 43.7 Å². The summed E-state index contributed by atoms with van der Waals surface area (Å²) >= 11 is 0. The van der Waals surface area contributed by atoms with Crippen molar-refractivity contribution in [3.05, 3.63) is 29.3 Å². The highest BCUT2D eigenvalue weighted by atomic mass is 32.2. The second-order valence-corrected chi connectivity index (χ2v) is 5.75. The normalized spacial score (nSPS) is 11.3. The quantitative estimate of drug-likeness (QED) is 0.583. The minimum atomic E-state index is -3.57. The number of ether oxygens (including phenoxy) is 1. The first-order valence-corrected chi connectivity index (χ1v) is 7.29. The van der Waals surface area contributed by atoms with Gasteiger partial charge in [-0.25, -0.2) is 17.9 Å². The SMILES string of the molecule is COC(=O)c1ccc(S(=O)(=O)NCCCN)c(C)c1. The molecule has 0 heterocycles. The Morgan fingerprint density at radius 2 is 2.11 bits per heavy atom. The lowest BCUT2D eigenvalue weighted by molar-refractivity contribution is 0.0600. The molecule has 0 aliphatic carbocycles. The van der Waals surface area contributed by atoms with Gasteiger partial charge in [0.05, 0.1) is 17.6 Å². The Kier molecular flexibility index (Phi) is 5.46. The summed E-state index contributed by atoms with van der Waals surface area (Å²) in [5.74, 6) is -0.497. The number of rotatable bonds is 6. The number of nitrogens with one attached hydrogen (secondary N) is 1. The molecule has 19 heavy (non-hydrogen) atoms. The molecule has 1 aromatic carbocycles. The van der Waals surface area contributed by atoms with Gasteiger partial charge in [0.15, 0.2) is 0 Å². The molecule has 0 radical (unpaired) electrons. The van der Waals surface area contributed by atoms with Crippen LogP contribution >= 0.6 is 0 Å². The molecular weight excluding hydrogens is 268 g/mol. The van der Waals surface area contributed by atoms with Crippen molar-refractivity contribution in [1.82, 2.24) is 4.72 Å². The predicted octanol–water partition coefficient (Wildman–Crippen LogP) is 0.409. The topological polar surface area (TPSA) is 98.5 Å². The molecule has 0 spiro atoms. The number of benzene rings is 1. The largest absolute Gasteiger partial charge is 0.465 e. The minimum Gasteiger partial charge on any atom is -0.465 e. The van der Waals surface area contributed by atoms with Gasteiger partial charge in [0, 0.05) is 6.54 Å². The molecular formula is C12H18N2O4S. The molecule has 1 aromatic rings. The smallest absolute Gasteiger partial charge is 0.337 e. The van der Waals surface area contributed by atoms with Crippen molar-refractivity contribution in [1.29, 1.82) is 0 Å². The molecule has 106 valence electrons. The fourth-order valence-electron chi connectivity index (χ4n) is 1.58. The molecule has 0 fully saturated rings. The van der Waals surface area contributed by atoms with E-state index in [1.54, 1.807) is 6.92 Å². The highest BCUT2D eigenvalue weighted by Crippen LogP contribution is 2.17. The summed E-state index contributed by atoms with van der Waals surface area (Å²) in [6.07, 6.45) is 0.568. The molecule has 0 saturated heterocycles. The van der Waals surface area contributed by atoms with Gasteiger partial charge in [0.1, 0.15) is 0 Å². The third-order valence-electron chi connectivity index (χ3n) is 2.56. The maximum absolute atomic E-state index is 12.0. The minimum absolute atomic E-state index is 0.150. The average molecular weight is 286 g/mol. The highest BCUT2D eigenvalue weighted by molar-refractivity contribution is 7.89. The van der Waals surface area contributed by atoms with Crippen molar-refractivity contribution in [2.75, 3.05) is 20.2 Å². The molecule has 0 amide bonds. The Balaban J connectivity index is 2.99. The number of hydrogen-bond acceptors (Lipinski definition) is 5. The summed E-state index contributed by atoms with van der Waals surface area (Å²) in [7, 11) is -2.30. The third kappa shape index (κ3) is 4.02. The Morgan fingerprint density at radius 1 is 1.42 bits per heavy atom. The van der Waals surface area contributed by atoms with Crippen molar-refractivity contribution in [2.45, 2.75) is 18.2 Å². The number of carbonyl (C=O) groups excluding carboxylic acids is 1. The van der Waals surface area contributed by atoms with E-state index in [1.165, 1.54) is 25.3 Å². The van der Waals surface area contributed by atoms with E-state index >= 15 is 0 Å². The van der Waals surface area contributed by atoms with E-state index in [0.29, 0.717) is 24.1 Å². The van der Waals surface area contributed by atoms with Crippen LogP contribution in [0.15, 0.2) is 23.1 Å². The number of nitrogens with two attached hydrogens (primary N) is 1. The van der Waals surface area contributed by atoms with Crippen LogP contribution in [0, 0.1) is 6.92 Å². The zero-order chi connectivity index (χ0) is 14.5. The highest BCUT2D eigenvalue weighted by Gasteiger charge is 2.17. The molecule has 0 aliphatic heterocycles. The first-order chi connectivity index (χ1) is 8.92. The van der Waals surface area contributed by atoms with Crippen LogP contribution in [0.3, 0.4) is 0 Å². The molecule has 0 aromatic heterocycles. The van der Waals surface area contributed by atoms with E-state index in [4.69, 9.17) is 5.73 Å². The summed E-state index contributed by atoms with van der Waals surface area (Å²) in [6, 6.07) is 4.31. The predicted molar refractivity (Wildman–Crippen MR) is 71.4 cm³/mol. The van der Waals surface area contributed by atoms with Crippen LogP contribution in [0.2, 0.25) is 0 Å². The molecule has 0 aliphatic rings. The van der Waals surface area contributed by atoms with Gasteiger partial charge in [-0.15, -0.1) is 0 Å². The Bertz CT molecular complexity index is 555. The fourth-order valence-corrected chi connectivity index (χ4v) is 2.88. The molecule has 3 N–H and O–H groups in total. The van der Waals surface area contributed by atoms with Gasteiger partial charge in [0.25, 0.3) is 0 Å². The van der Waals surface area contributed by atoms with Crippen LogP contribution in [0.5, 0.6) is 0 Å². The lowest BCUT2D eigenvalue weighted by Crippen LogP contribution is -2.27. The molecule has 0 unspecified atom stereocenters. The Labute approximate surface area is 113 Å². The molecule has 0 atom stereocenters. The van der Waals surface area contributed by atoms with Crippen molar-refractivity contribution < 1.29 is 17.9 Å². The fraction of sp³-hybridized carbons (Fsp3) is 0.417. The summed E-state index contributed by atoms with van der Waals surface area (Å²) in [6.45, 7) is 2.34. The summed E-state index contributed by atoms with van der Waals surface area (Å²) in [5.41, 5.74) is 6.12. The number of carbonyl (C=O) groups is 1. The zero-order valence-corrected chi connectivity index (χ0v) is 11.8. The van der Waals surface area contributed by atoms with Crippen molar-refractivity contribution >= 4 is 16.0 Å². The number of sulfonamides is 1. The van der Waals surface area contributed by atoms with Crippen LogP contribution in [-0.2, 0) is 14.8 Å². The van der Waals surface area contributed by atoms with Gasteiger partial charge in [-0.3, -0.25) is 0 Å². The lowest BCUT2D eigenvalue weighted by atomic mass is 10.1. The maximum atomic E-state index is 12.0. The van der Waals surface area contributed by atoms with Crippen LogP contribution in [-0.4, -0.2) is 34.6 Å². The van der Waals surface area contributed by atoms with Gasteiger partial charge in [-0.1, -0.05) is 0 Å². The number of methoxy groups -OCH3 is 1. The first-order valence-electron chi connectivity index (χ1n) is 5.81. The van der Waals surface area contributed by atoms with E-state index in [0.717, 1.165) is 0 Å². The van der Waals surface area contributed by atoms with E-state index in [9.17, 15) is 13.2 Å². The van der Waals surface area contributed by atoms with E-state index in [2.05, 4.69) is 9.46 Å². The standard InChI is InChI=1S/C12H18N2O4S/c1-9-8-10(12(15)18-2)4-5-11(9)19(16,17)14-7-3-6-13/h4-5,8,14H,3,6-7,13H2,1-2H3. The van der Waals surface area contributed by atoms with Crippen molar-refractivity contribution in [2.24, 2.45) is 5.73 Å². The summed E-state index contributed by atoms with van der Waals surface area (Å²) < 4.78 is 31.1. The van der Waals surface area contributed by atoms with Crippen LogP contribution in [0.25, 0.3) is 0 Å². The molecule has 0 bridgehead atoms. The number of hydrogen-bond donors (Lipinski definition) is 2. The van der Waals surface area contributed by atoms with Crippen LogP contribution < -0.4 is 10.5 Å². The second kappa shape index (κ2) is 6.65. The summed E-state index contributed by atoms with van der Waals surface area (Å²) in [4.78, 5) is 11.5. The Hall–Kier alpha value is -1.44. The average Bonchev–Trinajstić information content (AvgIpc) is 2.37. The first kappa shape index (κ1) is 15.6. The molecule has 6 nitrogen and oxygen atoms in total. The summed E-state index contributed by atoms with van der Waals surface area (Å²) in [5, 5.41) is 0. The number of esters is 1. The number of aryl methyl sites for hydroxylation is 1. The second-order valence-electron chi connectivity index (χ2n) is 4.01. The van der Waals surface area contributed by atoms with Gasteiger partial charge >= 0.3 is 5.97 Å². The Morgan fingerprint density at radius 3 is 2.63 bits per heavy atom. The van der Waals surface area contributed by atoms with Crippen LogP contribution in [0.1, 0.15) is 22.3 Å². The van der Waals surface area contributed by atoms with Crippen molar-refractivity contribution in [3.8, 4) is 0 Å². The van der Waals surface area contributed by atoms with Gasteiger partial charge in [0.2, 0.25) is 10.0 Å². The van der Waals surface area contributed by atoms with Crippen LogP contribution in [0.4, 0.5) is 0 Å². The lowest BCUT2D eigenvalue weighted by Gasteiger charge is -2.10. The third-order valence-corrected chi connectivity index (χ3v) is 4.18. The van der Waals surface area contributed by atoms with Gasteiger partial charge in [-0.2, -0.15) is 0 Å². The van der Waals surface area contributed by atoms with E-state index in [1.807, 2.05) is 0 Å². The van der Waals surface area contributed by atoms with E-state index < -0.39 is 16.0 Å². The monoisotopic (exact) mass is 286 g/mol. The molecule has 7 heteroatoms. The maximum Gasteiger partial charge on any atom is 0.337 e. The molecule has 0 saturated carbocycles. The van der Waals surface area contributed by atoms with Crippen molar-refractivity contribution in [3.63, 3.8) is 0 Å². The van der Waals surface area contributed by atoms with Gasteiger partial charge < -0.3 is 10.5 Å². The zero-order valence-electron chi connectivity index (χ0n) is 11.0. The van der Waals surface area contributed by atoms with E-state index in [-0.39, 0.29) is 11.4 Å². The molecule has 1 rings (SSSR count).